The van der Waals surface area contributed by atoms with Gasteiger partial charge in [0.05, 0.1) is 19.3 Å². The molecule has 0 spiro atoms. The summed E-state index contributed by atoms with van der Waals surface area (Å²) >= 11 is 0. The molecule has 0 saturated heterocycles. The summed E-state index contributed by atoms with van der Waals surface area (Å²) in [6.07, 6.45) is 2.77. The standard InChI is InChI=1S/C13H18FNO2/c1-16-8-10-11(14)4-3-9(12(10)17-2)7-13(15)5-6-13/h3-4H,5-8,15H2,1-2H3. The Morgan fingerprint density at radius 3 is 2.59 bits per heavy atom. The van der Waals surface area contributed by atoms with Crippen LogP contribution in [0.4, 0.5) is 4.39 Å². The minimum absolute atomic E-state index is 0.116. The maximum atomic E-state index is 13.7. The van der Waals surface area contributed by atoms with Gasteiger partial charge in [-0.05, 0) is 30.9 Å². The predicted octanol–water partition coefficient (Wildman–Crippen LogP) is 2.01. The highest BCUT2D eigenvalue weighted by Crippen LogP contribution is 2.39. The van der Waals surface area contributed by atoms with Crippen LogP contribution < -0.4 is 10.5 Å². The van der Waals surface area contributed by atoms with Gasteiger partial charge in [-0.15, -0.1) is 0 Å². The van der Waals surface area contributed by atoms with Gasteiger partial charge in [-0.1, -0.05) is 6.07 Å². The Morgan fingerprint density at radius 1 is 1.35 bits per heavy atom. The van der Waals surface area contributed by atoms with Crippen molar-refractivity contribution in [2.24, 2.45) is 5.73 Å². The fraction of sp³-hybridized carbons (Fsp3) is 0.538. The Bertz CT molecular complexity index is 416. The molecule has 0 atom stereocenters. The summed E-state index contributed by atoms with van der Waals surface area (Å²) in [5.74, 6) is 0.276. The molecule has 0 aromatic heterocycles. The van der Waals surface area contributed by atoms with E-state index in [1.165, 1.54) is 13.2 Å². The van der Waals surface area contributed by atoms with Gasteiger partial charge in [0.15, 0.2) is 0 Å². The minimum Gasteiger partial charge on any atom is -0.496 e. The van der Waals surface area contributed by atoms with Crippen molar-refractivity contribution in [1.82, 2.24) is 0 Å². The van der Waals surface area contributed by atoms with Gasteiger partial charge in [-0.25, -0.2) is 4.39 Å². The van der Waals surface area contributed by atoms with Crippen LogP contribution in [-0.2, 0) is 17.8 Å². The van der Waals surface area contributed by atoms with Gasteiger partial charge < -0.3 is 15.2 Å². The van der Waals surface area contributed by atoms with E-state index in [2.05, 4.69) is 0 Å². The number of ether oxygens (including phenoxy) is 2. The van der Waals surface area contributed by atoms with Crippen LogP contribution in [0.15, 0.2) is 12.1 Å². The monoisotopic (exact) mass is 239 g/mol. The number of rotatable bonds is 5. The summed E-state index contributed by atoms with van der Waals surface area (Å²) in [6, 6.07) is 3.21. The van der Waals surface area contributed by atoms with E-state index in [9.17, 15) is 4.39 Å². The lowest BCUT2D eigenvalue weighted by Crippen LogP contribution is -2.25. The smallest absolute Gasteiger partial charge is 0.132 e. The lowest BCUT2D eigenvalue weighted by atomic mass is 10.0. The van der Waals surface area contributed by atoms with E-state index in [1.54, 1.807) is 13.2 Å². The molecule has 94 valence electrons. The molecule has 0 amide bonds. The maximum absolute atomic E-state index is 13.7. The number of benzene rings is 1. The summed E-state index contributed by atoms with van der Waals surface area (Å²) in [7, 11) is 3.09. The maximum Gasteiger partial charge on any atom is 0.132 e. The van der Waals surface area contributed by atoms with E-state index in [0.717, 1.165) is 24.8 Å². The molecule has 17 heavy (non-hydrogen) atoms. The van der Waals surface area contributed by atoms with Crippen LogP contribution in [0.1, 0.15) is 24.0 Å². The van der Waals surface area contributed by atoms with E-state index >= 15 is 0 Å². The summed E-state index contributed by atoms with van der Waals surface area (Å²) in [4.78, 5) is 0. The zero-order valence-electron chi connectivity index (χ0n) is 10.3. The molecule has 1 aromatic carbocycles. The van der Waals surface area contributed by atoms with E-state index in [1.807, 2.05) is 0 Å². The van der Waals surface area contributed by atoms with Crippen LogP contribution in [0, 0.1) is 5.82 Å². The Morgan fingerprint density at radius 2 is 2.06 bits per heavy atom. The van der Waals surface area contributed by atoms with Crippen molar-refractivity contribution in [1.29, 1.82) is 0 Å². The second kappa shape index (κ2) is 4.63. The zero-order valence-corrected chi connectivity index (χ0v) is 10.3. The van der Waals surface area contributed by atoms with Crippen molar-refractivity contribution >= 4 is 0 Å². The number of hydrogen-bond acceptors (Lipinski definition) is 3. The van der Waals surface area contributed by atoms with Crippen LogP contribution in [-0.4, -0.2) is 19.8 Å². The van der Waals surface area contributed by atoms with Gasteiger partial charge in [0, 0.05) is 12.6 Å². The number of methoxy groups -OCH3 is 2. The third-order valence-electron chi connectivity index (χ3n) is 3.21. The first-order valence-corrected chi connectivity index (χ1v) is 5.72. The average molecular weight is 239 g/mol. The van der Waals surface area contributed by atoms with Crippen molar-refractivity contribution in [3.63, 3.8) is 0 Å². The SMILES string of the molecule is COCc1c(F)ccc(CC2(N)CC2)c1OC. The highest BCUT2D eigenvalue weighted by Gasteiger charge is 2.39. The average Bonchev–Trinajstić information content (AvgIpc) is 3.02. The van der Waals surface area contributed by atoms with Gasteiger partial charge in [0.25, 0.3) is 0 Å². The van der Waals surface area contributed by atoms with Gasteiger partial charge in [-0.2, -0.15) is 0 Å². The quantitative estimate of drug-likeness (QED) is 0.855. The fourth-order valence-corrected chi connectivity index (χ4v) is 2.04. The van der Waals surface area contributed by atoms with E-state index in [4.69, 9.17) is 15.2 Å². The van der Waals surface area contributed by atoms with Crippen LogP contribution in [0.25, 0.3) is 0 Å². The molecule has 0 bridgehead atoms. The highest BCUT2D eigenvalue weighted by atomic mass is 19.1. The van der Waals surface area contributed by atoms with Crippen molar-refractivity contribution in [2.45, 2.75) is 31.4 Å². The second-order valence-corrected chi connectivity index (χ2v) is 4.69. The lowest BCUT2D eigenvalue weighted by molar-refractivity contribution is 0.177. The van der Waals surface area contributed by atoms with Crippen LogP contribution in [0.2, 0.25) is 0 Å². The number of nitrogens with two attached hydrogens (primary N) is 1. The van der Waals surface area contributed by atoms with Crippen LogP contribution >= 0.6 is 0 Å². The molecule has 1 saturated carbocycles. The number of hydrogen-bond donors (Lipinski definition) is 1. The fourth-order valence-electron chi connectivity index (χ4n) is 2.04. The van der Waals surface area contributed by atoms with Crippen molar-refractivity contribution in [2.75, 3.05) is 14.2 Å². The first-order chi connectivity index (χ1) is 8.09. The summed E-state index contributed by atoms with van der Waals surface area (Å²) in [5, 5.41) is 0. The first-order valence-electron chi connectivity index (χ1n) is 5.72. The largest absolute Gasteiger partial charge is 0.496 e. The third kappa shape index (κ3) is 2.58. The molecule has 1 aliphatic carbocycles. The molecule has 1 aliphatic rings. The Hall–Kier alpha value is -1.13. The Kier molecular flexibility index (Phi) is 3.35. The van der Waals surface area contributed by atoms with Crippen molar-refractivity contribution in [3.05, 3.63) is 29.1 Å². The molecule has 2 N–H and O–H groups in total. The van der Waals surface area contributed by atoms with Gasteiger partial charge >= 0.3 is 0 Å². The topological polar surface area (TPSA) is 44.5 Å². The summed E-state index contributed by atoms with van der Waals surface area (Å²) in [6.45, 7) is 0.209. The molecule has 2 rings (SSSR count). The Balaban J connectivity index is 2.34. The molecule has 1 fully saturated rings. The third-order valence-corrected chi connectivity index (χ3v) is 3.21. The van der Waals surface area contributed by atoms with Crippen molar-refractivity contribution < 1.29 is 13.9 Å². The first kappa shape index (κ1) is 12.3. The molecule has 0 unspecified atom stereocenters. The minimum atomic E-state index is -0.297. The molecular formula is C13H18FNO2. The highest BCUT2D eigenvalue weighted by molar-refractivity contribution is 5.43. The molecule has 1 aromatic rings. The zero-order chi connectivity index (χ0) is 12.5. The number of halogens is 1. The van der Waals surface area contributed by atoms with E-state index < -0.39 is 0 Å². The molecule has 0 radical (unpaired) electrons. The van der Waals surface area contributed by atoms with Gasteiger partial charge in [0.1, 0.15) is 11.6 Å². The second-order valence-electron chi connectivity index (χ2n) is 4.69. The van der Waals surface area contributed by atoms with E-state index in [0.29, 0.717) is 11.3 Å². The molecule has 4 heteroatoms. The lowest BCUT2D eigenvalue weighted by Gasteiger charge is -2.16. The Labute approximate surface area is 101 Å². The normalized spacial score (nSPS) is 16.9. The predicted molar refractivity (Wildman–Crippen MR) is 63.5 cm³/mol. The van der Waals surface area contributed by atoms with E-state index in [-0.39, 0.29) is 18.0 Å². The molecule has 0 aliphatic heterocycles. The molecule has 3 nitrogen and oxygen atoms in total. The summed E-state index contributed by atoms with van der Waals surface area (Å²) in [5.41, 5.74) is 7.40. The molecule has 0 heterocycles. The van der Waals surface area contributed by atoms with Gasteiger partial charge in [0.2, 0.25) is 0 Å². The van der Waals surface area contributed by atoms with Crippen molar-refractivity contribution in [3.8, 4) is 5.75 Å². The van der Waals surface area contributed by atoms with Gasteiger partial charge in [-0.3, -0.25) is 0 Å². The summed E-state index contributed by atoms with van der Waals surface area (Å²) < 4.78 is 24.0. The van der Waals surface area contributed by atoms with Crippen LogP contribution in [0.5, 0.6) is 5.75 Å². The molecular weight excluding hydrogens is 221 g/mol. The van der Waals surface area contributed by atoms with Crippen LogP contribution in [0.3, 0.4) is 0 Å².